The van der Waals surface area contributed by atoms with E-state index in [2.05, 4.69) is 10.6 Å². The molecule has 0 saturated carbocycles. The van der Waals surface area contributed by atoms with Crippen LogP contribution in [0, 0.1) is 6.92 Å². The van der Waals surface area contributed by atoms with E-state index in [1.807, 2.05) is 19.1 Å². The van der Waals surface area contributed by atoms with Crippen molar-refractivity contribution in [2.75, 3.05) is 26.7 Å². The molecule has 1 atom stereocenters. The summed E-state index contributed by atoms with van der Waals surface area (Å²) in [4.78, 5) is 23.4. The predicted octanol–water partition coefficient (Wildman–Crippen LogP) is 0.627. The van der Waals surface area contributed by atoms with Crippen molar-refractivity contribution in [2.24, 2.45) is 5.73 Å². The standard InChI is InChI=1S/C15H23N3O3.ClH/c1-11-3-5-12(6-4-11)15(20)18-8-7-17-14(19)9-13(10-16)21-2;/h3-6,13H,7-10,16H2,1-2H3,(H,17,19)(H,18,20);1H. The quantitative estimate of drug-likeness (QED) is 0.610. The normalized spacial score (nSPS) is 11.2. The van der Waals surface area contributed by atoms with Crippen LogP contribution in [0.15, 0.2) is 24.3 Å². The zero-order chi connectivity index (χ0) is 15.7. The first kappa shape index (κ1) is 20.4. The SMILES string of the molecule is COC(CN)CC(=O)NCCNC(=O)c1ccc(C)cc1.Cl. The summed E-state index contributed by atoms with van der Waals surface area (Å²) in [7, 11) is 1.52. The topological polar surface area (TPSA) is 93.4 Å². The number of rotatable bonds is 8. The van der Waals surface area contributed by atoms with Crippen molar-refractivity contribution in [3.63, 3.8) is 0 Å². The molecule has 0 aliphatic heterocycles. The monoisotopic (exact) mass is 329 g/mol. The summed E-state index contributed by atoms with van der Waals surface area (Å²) in [6.07, 6.45) is -0.0500. The van der Waals surface area contributed by atoms with E-state index in [0.29, 0.717) is 25.2 Å². The summed E-state index contributed by atoms with van der Waals surface area (Å²) in [6, 6.07) is 7.31. The van der Waals surface area contributed by atoms with Gasteiger partial charge < -0.3 is 21.1 Å². The minimum atomic E-state index is -0.271. The van der Waals surface area contributed by atoms with Crippen LogP contribution in [0.2, 0.25) is 0 Å². The minimum Gasteiger partial charge on any atom is -0.380 e. The van der Waals surface area contributed by atoms with Crippen LogP contribution in [0.25, 0.3) is 0 Å². The molecule has 6 nitrogen and oxygen atoms in total. The Balaban J connectivity index is 0.00000441. The summed E-state index contributed by atoms with van der Waals surface area (Å²) in [5, 5.41) is 5.45. The smallest absolute Gasteiger partial charge is 0.251 e. The first-order valence-corrected chi connectivity index (χ1v) is 6.91. The number of ether oxygens (including phenoxy) is 1. The lowest BCUT2D eigenvalue weighted by Crippen LogP contribution is -2.37. The number of nitrogens with one attached hydrogen (secondary N) is 2. The number of nitrogens with two attached hydrogens (primary N) is 1. The fourth-order valence-corrected chi connectivity index (χ4v) is 1.73. The van der Waals surface area contributed by atoms with Gasteiger partial charge in [0.15, 0.2) is 0 Å². The molecule has 1 rings (SSSR count). The van der Waals surface area contributed by atoms with Gasteiger partial charge in [0.25, 0.3) is 5.91 Å². The van der Waals surface area contributed by atoms with Gasteiger partial charge in [0.1, 0.15) is 0 Å². The summed E-state index contributed by atoms with van der Waals surface area (Å²) in [5.41, 5.74) is 7.15. The molecule has 124 valence electrons. The van der Waals surface area contributed by atoms with Crippen LogP contribution >= 0.6 is 12.4 Å². The van der Waals surface area contributed by atoms with Crippen LogP contribution in [-0.2, 0) is 9.53 Å². The Labute approximate surface area is 137 Å². The van der Waals surface area contributed by atoms with Crippen molar-refractivity contribution in [1.82, 2.24) is 10.6 Å². The van der Waals surface area contributed by atoms with Crippen LogP contribution < -0.4 is 16.4 Å². The molecular formula is C15H24ClN3O3. The van der Waals surface area contributed by atoms with Crippen LogP contribution in [0.5, 0.6) is 0 Å². The third kappa shape index (κ3) is 7.40. The van der Waals surface area contributed by atoms with Crippen molar-refractivity contribution >= 4 is 24.2 Å². The Morgan fingerprint density at radius 2 is 1.77 bits per heavy atom. The van der Waals surface area contributed by atoms with E-state index in [4.69, 9.17) is 10.5 Å². The first-order chi connectivity index (χ1) is 10.1. The number of benzene rings is 1. The fraction of sp³-hybridized carbons (Fsp3) is 0.467. The predicted molar refractivity (Wildman–Crippen MR) is 88.2 cm³/mol. The van der Waals surface area contributed by atoms with E-state index in [1.165, 1.54) is 7.11 Å². The maximum atomic E-state index is 11.8. The van der Waals surface area contributed by atoms with Gasteiger partial charge in [-0.3, -0.25) is 9.59 Å². The number of amides is 2. The molecule has 22 heavy (non-hydrogen) atoms. The van der Waals surface area contributed by atoms with Gasteiger partial charge in [-0.2, -0.15) is 0 Å². The lowest BCUT2D eigenvalue weighted by molar-refractivity contribution is -0.123. The van der Waals surface area contributed by atoms with Crippen molar-refractivity contribution < 1.29 is 14.3 Å². The van der Waals surface area contributed by atoms with E-state index < -0.39 is 0 Å². The van der Waals surface area contributed by atoms with Gasteiger partial charge in [0, 0.05) is 32.3 Å². The van der Waals surface area contributed by atoms with Gasteiger partial charge in [0.2, 0.25) is 5.91 Å². The molecule has 2 amide bonds. The third-order valence-electron chi connectivity index (χ3n) is 3.06. The van der Waals surface area contributed by atoms with Gasteiger partial charge in [-0.05, 0) is 19.1 Å². The summed E-state index contributed by atoms with van der Waals surface area (Å²) in [6.45, 7) is 3.01. The molecule has 1 aromatic carbocycles. The van der Waals surface area contributed by atoms with E-state index in [1.54, 1.807) is 12.1 Å². The average molecular weight is 330 g/mol. The Bertz CT molecular complexity index is 462. The fourth-order valence-electron chi connectivity index (χ4n) is 1.73. The van der Waals surface area contributed by atoms with Gasteiger partial charge in [-0.1, -0.05) is 17.7 Å². The Morgan fingerprint density at radius 1 is 1.18 bits per heavy atom. The number of halogens is 1. The van der Waals surface area contributed by atoms with Crippen LogP contribution in [0.1, 0.15) is 22.3 Å². The molecule has 0 spiro atoms. The zero-order valence-corrected chi connectivity index (χ0v) is 13.7. The zero-order valence-electron chi connectivity index (χ0n) is 12.9. The number of aryl methyl sites for hydroxylation is 1. The van der Waals surface area contributed by atoms with Crippen molar-refractivity contribution in [2.45, 2.75) is 19.4 Å². The molecule has 0 saturated heterocycles. The summed E-state index contributed by atoms with van der Waals surface area (Å²) in [5.74, 6) is -0.294. The van der Waals surface area contributed by atoms with Crippen LogP contribution in [-0.4, -0.2) is 44.7 Å². The molecule has 0 radical (unpaired) electrons. The second kappa shape index (κ2) is 11.0. The van der Waals surface area contributed by atoms with Crippen LogP contribution in [0.4, 0.5) is 0 Å². The van der Waals surface area contributed by atoms with E-state index in [0.717, 1.165) is 5.56 Å². The van der Waals surface area contributed by atoms with E-state index in [-0.39, 0.29) is 36.7 Å². The minimum absolute atomic E-state index is 0. The molecular weight excluding hydrogens is 306 g/mol. The number of hydrogen-bond donors (Lipinski definition) is 3. The van der Waals surface area contributed by atoms with E-state index in [9.17, 15) is 9.59 Å². The molecule has 0 aliphatic carbocycles. The van der Waals surface area contributed by atoms with E-state index >= 15 is 0 Å². The molecule has 1 unspecified atom stereocenters. The maximum Gasteiger partial charge on any atom is 0.251 e. The molecule has 0 heterocycles. The second-order valence-corrected chi connectivity index (χ2v) is 4.77. The number of carbonyl (C=O) groups excluding carboxylic acids is 2. The highest BCUT2D eigenvalue weighted by molar-refractivity contribution is 5.94. The van der Waals surface area contributed by atoms with Gasteiger partial charge in [-0.15, -0.1) is 12.4 Å². The molecule has 4 N–H and O–H groups in total. The molecule has 0 aromatic heterocycles. The van der Waals surface area contributed by atoms with Gasteiger partial charge in [-0.25, -0.2) is 0 Å². The first-order valence-electron chi connectivity index (χ1n) is 6.91. The Kier molecular flexibility index (Phi) is 10.2. The highest BCUT2D eigenvalue weighted by Crippen LogP contribution is 2.02. The second-order valence-electron chi connectivity index (χ2n) is 4.77. The lowest BCUT2D eigenvalue weighted by Gasteiger charge is -2.12. The number of carbonyl (C=O) groups is 2. The molecule has 0 bridgehead atoms. The van der Waals surface area contributed by atoms with Crippen molar-refractivity contribution in [3.8, 4) is 0 Å². The average Bonchev–Trinajstić information content (AvgIpc) is 2.49. The Morgan fingerprint density at radius 3 is 2.32 bits per heavy atom. The molecule has 7 heteroatoms. The van der Waals surface area contributed by atoms with Crippen LogP contribution in [0.3, 0.4) is 0 Å². The van der Waals surface area contributed by atoms with Gasteiger partial charge >= 0.3 is 0 Å². The highest BCUT2D eigenvalue weighted by Gasteiger charge is 2.11. The largest absolute Gasteiger partial charge is 0.380 e. The summed E-state index contributed by atoms with van der Waals surface area (Å²) < 4.78 is 5.03. The Hall–Kier alpha value is -1.63. The third-order valence-corrected chi connectivity index (χ3v) is 3.06. The summed E-state index contributed by atoms with van der Waals surface area (Å²) >= 11 is 0. The lowest BCUT2D eigenvalue weighted by atomic mass is 10.1. The molecule has 0 fully saturated rings. The van der Waals surface area contributed by atoms with Gasteiger partial charge in [0.05, 0.1) is 12.5 Å². The van der Waals surface area contributed by atoms with Crippen molar-refractivity contribution in [3.05, 3.63) is 35.4 Å². The molecule has 1 aromatic rings. The van der Waals surface area contributed by atoms with Crippen molar-refractivity contribution in [1.29, 1.82) is 0 Å². The maximum absolute atomic E-state index is 11.8. The molecule has 0 aliphatic rings. The highest BCUT2D eigenvalue weighted by atomic mass is 35.5. The number of methoxy groups -OCH3 is 1. The number of hydrogen-bond acceptors (Lipinski definition) is 4.